The van der Waals surface area contributed by atoms with E-state index < -0.39 is 0 Å². The third kappa shape index (κ3) is 4.12. The fourth-order valence-electron chi connectivity index (χ4n) is 3.43. The predicted molar refractivity (Wildman–Crippen MR) is 115 cm³/mol. The van der Waals surface area contributed by atoms with Gasteiger partial charge in [-0.1, -0.05) is 13.8 Å². The molecule has 0 unspecified atom stereocenters. The third-order valence-corrected chi connectivity index (χ3v) is 4.76. The number of nitrogens with two attached hydrogens (primary N) is 2. The van der Waals surface area contributed by atoms with Gasteiger partial charge in [-0.3, -0.25) is 4.68 Å². The number of H-pyrrole nitrogens is 1. The van der Waals surface area contributed by atoms with Gasteiger partial charge in [0.1, 0.15) is 5.65 Å². The van der Waals surface area contributed by atoms with Gasteiger partial charge in [-0.25, -0.2) is 15.0 Å². The highest BCUT2D eigenvalue weighted by Gasteiger charge is 2.13. The van der Waals surface area contributed by atoms with E-state index in [1.807, 2.05) is 29.3 Å². The van der Waals surface area contributed by atoms with Crippen LogP contribution in [0.3, 0.4) is 0 Å². The lowest BCUT2D eigenvalue weighted by molar-refractivity contribution is 0.483. The van der Waals surface area contributed by atoms with Gasteiger partial charge < -0.3 is 16.5 Å². The maximum atomic E-state index is 5.95. The van der Waals surface area contributed by atoms with Crippen molar-refractivity contribution in [3.8, 4) is 22.4 Å². The normalized spacial score (nSPS) is 11.6. The lowest BCUT2D eigenvalue weighted by Gasteiger charge is -2.06. The lowest BCUT2D eigenvalue weighted by atomic mass is 10.1. The van der Waals surface area contributed by atoms with Crippen LogP contribution >= 0.6 is 0 Å². The lowest BCUT2D eigenvalue weighted by Crippen LogP contribution is -2.04. The largest absolute Gasteiger partial charge is 0.368 e. The number of rotatable bonds is 7. The summed E-state index contributed by atoms with van der Waals surface area (Å²) in [6.07, 6.45) is 9.35. The van der Waals surface area contributed by atoms with Crippen LogP contribution in [0.4, 0.5) is 5.95 Å². The summed E-state index contributed by atoms with van der Waals surface area (Å²) in [6, 6.07) is 4.09. The first-order valence-corrected chi connectivity index (χ1v) is 9.87. The molecule has 4 heterocycles. The minimum absolute atomic E-state index is 0.267. The van der Waals surface area contributed by atoms with Gasteiger partial charge in [-0.15, -0.1) is 0 Å². The number of nitrogen functional groups attached to an aromatic ring is 1. The highest BCUT2D eigenvalue weighted by atomic mass is 15.3. The van der Waals surface area contributed by atoms with E-state index in [1.165, 1.54) is 0 Å². The highest BCUT2D eigenvalue weighted by molar-refractivity contribution is 5.95. The van der Waals surface area contributed by atoms with Crippen molar-refractivity contribution in [2.75, 3.05) is 12.3 Å². The Morgan fingerprint density at radius 3 is 2.79 bits per heavy atom. The van der Waals surface area contributed by atoms with Crippen LogP contribution in [0.5, 0.6) is 0 Å². The van der Waals surface area contributed by atoms with Crippen LogP contribution in [0.15, 0.2) is 36.9 Å². The van der Waals surface area contributed by atoms with Gasteiger partial charge in [0, 0.05) is 52.9 Å². The van der Waals surface area contributed by atoms with Gasteiger partial charge >= 0.3 is 0 Å². The molecular weight excluding hydrogens is 364 g/mol. The van der Waals surface area contributed by atoms with Crippen LogP contribution in [0.25, 0.3) is 33.4 Å². The average molecular weight is 390 g/mol. The fourth-order valence-corrected chi connectivity index (χ4v) is 3.43. The molecule has 0 bridgehead atoms. The Labute approximate surface area is 169 Å². The maximum absolute atomic E-state index is 5.95. The second kappa shape index (κ2) is 8.00. The molecule has 0 aliphatic heterocycles. The van der Waals surface area contributed by atoms with Gasteiger partial charge in [-0.2, -0.15) is 5.10 Å². The Balaban J connectivity index is 1.73. The van der Waals surface area contributed by atoms with Crippen LogP contribution < -0.4 is 11.5 Å². The monoisotopic (exact) mass is 390 g/mol. The van der Waals surface area contributed by atoms with Crippen molar-refractivity contribution >= 4 is 17.0 Å². The third-order valence-electron chi connectivity index (χ3n) is 4.76. The number of fused-ring (bicyclic) bond motifs is 1. The molecule has 0 saturated heterocycles. The molecule has 0 aliphatic rings. The summed E-state index contributed by atoms with van der Waals surface area (Å²) in [5.41, 5.74) is 17.1. The average Bonchev–Trinajstić information content (AvgIpc) is 3.31. The van der Waals surface area contributed by atoms with Crippen molar-refractivity contribution in [2.24, 2.45) is 11.7 Å². The molecule has 150 valence electrons. The highest BCUT2D eigenvalue weighted by Crippen LogP contribution is 2.30. The van der Waals surface area contributed by atoms with Crippen molar-refractivity contribution in [3.05, 3.63) is 42.6 Å². The molecule has 8 heteroatoms. The van der Waals surface area contributed by atoms with E-state index in [9.17, 15) is 0 Å². The minimum atomic E-state index is 0.267. The summed E-state index contributed by atoms with van der Waals surface area (Å²) in [6.45, 7) is 5.85. The summed E-state index contributed by atoms with van der Waals surface area (Å²) < 4.78 is 1.97. The Kier molecular flexibility index (Phi) is 5.26. The molecule has 4 aromatic rings. The number of anilines is 1. The number of nitrogens with zero attached hydrogens (tertiary/aromatic N) is 5. The zero-order chi connectivity index (χ0) is 20.4. The van der Waals surface area contributed by atoms with Crippen LogP contribution in [0, 0.1) is 5.92 Å². The number of nitrogens with one attached hydrogen (secondary N) is 1. The molecule has 0 spiro atoms. The molecule has 4 aromatic heterocycles. The Bertz CT molecular complexity index is 1120. The van der Waals surface area contributed by atoms with Crippen molar-refractivity contribution < 1.29 is 0 Å². The molecule has 29 heavy (non-hydrogen) atoms. The predicted octanol–water partition coefficient (Wildman–Crippen LogP) is 3.01. The van der Waals surface area contributed by atoms with Crippen LogP contribution in [-0.2, 0) is 13.0 Å². The van der Waals surface area contributed by atoms with E-state index in [4.69, 9.17) is 11.5 Å². The molecule has 0 saturated carbocycles. The quantitative estimate of drug-likeness (QED) is 0.445. The van der Waals surface area contributed by atoms with Crippen molar-refractivity contribution in [1.82, 2.24) is 29.7 Å². The second-order valence-electron chi connectivity index (χ2n) is 7.66. The first kappa shape index (κ1) is 19.1. The molecule has 0 aromatic carbocycles. The zero-order valence-electron chi connectivity index (χ0n) is 16.8. The minimum Gasteiger partial charge on any atom is -0.368 e. The smallest absolute Gasteiger partial charge is 0.220 e. The SMILES string of the molecule is CC(C)Cn1cc(-c2cnc3[nH]cc(-c4cc(CCCN)nc(N)n4)c3c2)cn1. The summed E-state index contributed by atoms with van der Waals surface area (Å²) >= 11 is 0. The van der Waals surface area contributed by atoms with Gasteiger partial charge in [0.25, 0.3) is 0 Å². The van der Waals surface area contributed by atoms with E-state index >= 15 is 0 Å². The van der Waals surface area contributed by atoms with E-state index in [2.05, 4.69) is 51.1 Å². The number of aryl methyl sites for hydroxylation is 1. The van der Waals surface area contributed by atoms with Crippen molar-refractivity contribution in [3.63, 3.8) is 0 Å². The molecule has 8 nitrogen and oxygen atoms in total. The summed E-state index contributed by atoms with van der Waals surface area (Å²) in [5, 5.41) is 5.45. The van der Waals surface area contributed by atoms with Crippen molar-refractivity contribution in [2.45, 2.75) is 33.2 Å². The molecule has 0 radical (unpaired) electrons. The topological polar surface area (TPSA) is 124 Å². The molecule has 0 fully saturated rings. The van der Waals surface area contributed by atoms with Gasteiger partial charge in [0.15, 0.2) is 0 Å². The van der Waals surface area contributed by atoms with Gasteiger partial charge in [0.05, 0.1) is 11.9 Å². The number of pyridine rings is 1. The van der Waals surface area contributed by atoms with E-state index in [0.717, 1.165) is 58.5 Å². The first-order valence-electron chi connectivity index (χ1n) is 9.87. The first-order chi connectivity index (χ1) is 14.0. The molecule has 5 N–H and O–H groups in total. The summed E-state index contributed by atoms with van der Waals surface area (Å²) in [4.78, 5) is 16.6. The molecule has 0 atom stereocenters. The number of hydrogen-bond acceptors (Lipinski definition) is 6. The Hall–Kier alpha value is -3.26. The van der Waals surface area contributed by atoms with E-state index in [-0.39, 0.29) is 5.95 Å². The fraction of sp³-hybridized carbons (Fsp3) is 0.333. The van der Waals surface area contributed by atoms with E-state index in [0.29, 0.717) is 12.5 Å². The van der Waals surface area contributed by atoms with Crippen LogP contribution in [0.1, 0.15) is 26.0 Å². The maximum Gasteiger partial charge on any atom is 0.220 e. The number of aromatic nitrogens is 6. The van der Waals surface area contributed by atoms with Crippen LogP contribution in [-0.4, -0.2) is 36.3 Å². The van der Waals surface area contributed by atoms with Crippen molar-refractivity contribution in [1.29, 1.82) is 0 Å². The van der Waals surface area contributed by atoms with Gasteiger partial charge in [0.2, 0.25) is 5.95 Å². The van der Waals surface area contributed by atoms with Gasteiger partial charge in [-0.05, 0) is 37.4 Å². The molecule has 0 aliphatic carbocycles. The summed E-state index contributed by atoms with van der Waals surface area (Å²) in [7, 11) is 0. The standard InChI is InChI=1S/C21H26N8/c1-13(2)11-29-12-15(9-26-29)14-6-17-18(10-25-20(17)24-8-14)19-7-16(4-3-5-22)27-21(23)28-19/h6-10,12-13H,3-5,11,22H2,1-2H3,(H,24,25)(H2,23,27,28). The second-order valence-corrected chi connectivity index (χ2v) is 7.66. The Morgan fingerprint density at radius 1 is 1.14 bits per heavy atom. The Morgan fingerprint density at radius 2 is 2.00 bits per heavy atom. The zero-order valence-corrected chi connectivity index (χ0v) is 16.8. The molecule has 0 amide bonds. The van der Waals surface area contributed by atoms with E-state index in [1.54, 1.807) is 0 Å². The number of hydrogen-bond donors (Lipinski definition) is 3. The number of aromatic amines is 1. The summed E-state index contributed by atoms with van der Waals surface area (Å²) in [5.74, 6) is 0.805. The molecular formula is C21H26N8. The molecule has 4 rings (SSSR count). The van der Waals surface area contributed by atoms with Crippen LogP contribution in [0.2, 0.25) is 0 Å².